The molecule has 148 valence electrons. The van der Waals surface area contributed by atoms with Crippen molar-refractivity contribution in [3.63, 3.8) is 0 Å². The van der Waals surface area contributed by atoms with E-state index in [9.17, 15) is 14.4 Å². The first-order valence-corrected chi connectivity index (χ1v) is 9.40. The maximum Gasteiger partial charge on any atom is 0.416 e. The molecule has 0 radical (unpaired) electrons. The molecule has 2 aromatic rings. The van der Waals surface area contributed by atoms with Crippen LogP contribution in [0.3, 0.4) is 0 Å². The molecule has 0 aliphatic rings. The summed E-state index contributed by atoms with van der Waals surface area (Å²) < 4.78 is 6.60. The topological polar surface area (TPSA) is 115 Å². The fourth-order valence-electron chi connectivity index (χ4n) is 2.37. The Morgan fingerprint density at radius 2 is 1.96 bits per heavy atom. The zero-order chi connectivity index (χ0) is 20.5. The molecule has 2 rings (SSSR count). The number of carbonyl (C=O) groups is 2. The lowest BCUT2D eigenvalue weighted by Crippen LogP contribution is -2.36. The fraction of sp³-hybridized carbons (Fsp3) is 0.588. The molecular formula is C17H24N4O5S. The molecule has 0 aliphatic carbocycles. The van der Waals surface area contributed by atoms with Crippen LogP contribution in [0.1, 0.15) is 53.2 Å². The highest BCUT2D eigenvalue weighted by Gasteiger charge is 2.27. The fourth-order valence-corrected chi connectivity index (χ4v) is 3.44. The van der Waals surface area contributed by atoms with E-state index in [1.807, 2.05) is 13.8 Å². The second kappa shape index (κ2) is 7.63. The monoisotopic (exact) mass is 396 g/mol. The van der Waals surface area contributed by atoms with Crippen LogP contribution in [0.4, 0.5) is 9.93 Å². The first-order chi connectivity index (χ1) is 12.4. The first-order valence-electron chi connectivity index (χ1n) is 8.58. The number of aliphatic carboxylic acids is 1. The second-order valence-corrected chi connectivity index (χ2v) is 8.27. The third-order valence-electron chi connectivity index (χ3n) is 3.51. The van der Waals surface area contributed by atoms with Crippen molar-refractivity contribution >= 4 is 38.7 Å². The number of carbonyl (C=O) groups excluding carboxylic acids is 1. The SMILES string of the molecule is CCN(C(=O)OC(C)(C)C)c1nc2c(C(C)C)nn(CC(=O)O)c(=O)c2s1. The van der Waals surface area contributed by atoms with Crippen molar-refractivity contribution in [1.82, 2.24) is 14.8 Å². The van der Waals surface area contributed by atoms with E-state index in [-0.39, 0.29) is 10.6 Å². The number of nitrogens with zero attached hydrogens (tertiary/aromatic N) is 4. The minimum Gasteiger partial charge on any atom is -0.480 e. The van der Waals surface area contributed by atoms with Crippen molar-refractivity contribution in [3.8, 4) is 0 Å². The summed E-state index contributed by atoms with van der Waals surface area (Å²) in [5.41, 5.74) is -0.312. The third-order valence-corrected chi connectivity index (χ3v) is 4.57. The maximum absolute atomic E-state index is 12.6. The van der Waals surface area contributed by atoms with Crippen LogP contribution in [-0.4, -0.2) is 44.1 Å². The Balaban J connectivity index is 2.61. The Kier molecular flexibility index (Phi) is 5.88. The summed E-state index contributed by atoms with van der Waals surface area (Å²) in [7, 11) is 0. The smallest absolute Gasteiger partial charge is 0.416 e. The number of aromatic nitrogens is 3. The van der Waals surface area contributed by atoms with Gasteiger partial charge in [-0.05, 0) is 33.6 Å². The van der Waals surface area contributed by atoms with E-state index < -0.39 is 29.8 Å². The summed E-state index contributed by atoms with van der Waals surface area (Å²) in [6.45, 7) is 10.6. The van der Waals surface area contributed by atoms with E-state index >= 15 is 0 Å². The molecule has 0 spiro atoms. The van der Waals surface area contributed by atoms with Crippen molar-refractivity contribution in [2.45, 2.75) is 59.6 Å². The van der Waals surface area contributed by atoms with Gasteiger partial charge in [-0.3, -0.25) is 14.5 Å². The summed E-state index contributed by atoms with van der Waals surface area (Å²) >= 11 is 1.03. The van der Waals surface area contributed by atoms with Crippen molar-refractivity contribution in [3.05, 3.63) is 16.0 Å². The van der Waals surface area contributed by atoms with Gasteiger partial charge in [-0.2, -0.15) is 5.10 Å². The molecule has 2 aromatic heterocycles. The predicted molar refractivity (Wildman–Crippen MR) is 103 cm³/mol. The molecule has 1 amide bonds. The summed E-state index contributed by atoms with van der Waals surface area (Å²) in [6.07, 6.45) is -0.561. The van der Waals surface area contributed by atoms with Crippen LogP contribution in [-0.2, 0) is 16.1 Å². The average molecular weight is 396 g/mol. The largest absolute Gasteiger partial charge is 0.480 e. The number of thiazole rings is 1. The molecule has 0 unspecified atom stereocenters. The second-order valence-electron chi connectivity index (χ2n) is 7.30. The number of fused-ring (bicyclic) bond motifs is 1. The van der Waals surface area contributed by atoms with E-state index in [1.165, 1.54) is 4.90 Å². The van der Waals surface area contributed by atoms with Crippen molar-refractivity contribution < 1.29 is 19.4 Å². The van der Waals surface area contributed by atoms with Gasteiger partial charge in [0.15, 0.2) is 5.13 Å². The lowest BCUT2D eigenvalue weighted by atomic mass is 10.1. The van der Waals surface area contributed by atoms with Crippen molar-refractivity contribution in [1.29, 1.82) is 0 Å². The number of carboxylic acid groups (broad SMARTS) is 1. The highest BCUT2D eigenvalue weighted by Crippen LogP contribution is 2.31. The predicted octanol–water partition coefficient (Wildman–Crippen LogP) is 2.82. The number of carboxylic acids is 1. The maximum atomic E-state index is 12.6. The number of anilines is 1. The van der Waals surface area contributed by atoms with Crippen LogP contribution in [0.2, 0.25) is 0 Å². The Hall–Kier alpha value is -2.49. The van der Waals surface area contributed by atoms with Gasteiger partial charge in [0.2, 0.25) is 0 Å². The van der Waals surface area contributed by atoms with E-state index in [0.29, 0.717) is 22.9 Å². The summed E-state index contributed by atoms with van der Waals surface area (Å²) in [6, 6.07) is 0. The molecule has 27 heavy (non-hydrogen) atoms. The molecule has 0 aliphatic heterocycles. The molecule has 9 nitrogen and oxygen atoms in total. The molecule has 2 heterocycles. The quantitative estimate of drug-likeness (QED) is 0.826. The molecule has 1 N–H and O–H groups in total. The summed E-state index contributed by atoms with van der Waals surface area (Å²) in [5.74, 6) is -1.24. The van der Waals surface area contributed by atoms with E-state index in [0.717, 1.165) is 16.0 Å². The highest BCUT2D eigenvalue weighted by atomic mass is 32.1. The van der Waals surface area contributed by atoms with E-state index in [4.69, 9.17) is 9.84 Å². The van der Waals surface area contributed by atoms with Crippen molar-refractivity contribution in [2.24, 2.45) is 0 Å². The van der Waals surface area contributed by atoms with Gasteiger partial charge in [0.05, 0.1) is 5.69 Å². The van der Waals surface area contributed by atoms with Crippen LogP contribution in [0.15, 0.2) is 4.79 Å². The minimum atomic E-state index is -1.16. The van der Waals surface area contributed by atoms with Crippen LogP contribution in [0.25, 0.3) is 10.2 Å². The number of ether oxygens (including phenoxy) is 1. The standard InChI is InChI=1S/C17H24N4O5S/c1-7-20(16(25)26-17(4,5)6)15-18-12-11(9(2)3)19-21(8-10(22)23)14(24)13(12)27-15/h9H,7-8H2,1-6H3,(H,22,23). The molecule has 0 fully saturated rings. The Bertz CT molecular complexity index is 926. The van der Waals surface area contributed by atoms with Gasteiger partial charge in [0.1, 0.15) is 22.4 Å². The average Bonchev–Trinajstić information content (AvgIpc) is 2.93. The number of hydrogen-bond acceptors (Lipinski definition) is 7. The zero-order valence-corrected chi connectivity index (χ0v) is 17.1. The Morgan fingerprint density at radius 3 is 2.44 bits per heavy atom. The Labute approximate surface area is 160 Å². The van der Waals surface area contributed by atoms with Gasteiger partial charge in [-0.1, -0.05) is 25.2 Å². The van der Waals surface area contributed by atoms with Crippen LogP contribution < -0.4 is 10.5 Å². The van der Waals surface area contributed by atoms with E-state index in [1.54, 1.807) is 27.7 Å². The Morgan fingerprint density at radius 1 is 1.33 bits per heavy atom. The first kappa shape index (κ1) is 20.8. The van der Waals surface area contributed by atoms with E-state index in [2.05, 4.69) is 10.1 Å². The molecular weight excluding hydrogens is 372 g/mol. The van der Waals surface area contributed by atoms with Gasteiger partial charge in [0.25, 0.3) is 5.56 Å². The molecule has 10 heteroatoms. The molecule has 0 saturated carbocycles. The summed E-state index contributed by atoms with van der Waals surface area (Å²) in [4.78, 5) is 42.0. The van der Waals surface area contributed by atoms with Crippen LogP contribution in [0, 0.1) is 0 Å². The molecule has 0 atom stereocenters. The summed E-state index contributed by atoms with van der Waals surface area (Å²) in [5, 5.41) is 13.5. The number of amides is 1. The molecule has 0 saturated heterocycles. The normalized spacial score (nSPS) is 11.8. The number of rotatable bonds is 5. The van der Waals surface area contributed by atoms with Gasteiger partial charge in [-0.25, -0.2) is 14.5 Å². The lowest BCUT2D eigenvalue weighted by molar-refractivity contribution is -0.138. The van der Waals surface area contributed by atoms with Crippen molar-refractivity contribution in [2.75, 3.05) is 11.4 Å². The van der Waals surface area contributed by atoms with Crippen LogP contribution in [0.5, 0.6) is 0 Å². The third kappa shape index (κ3) is 4.62. The molecule has 0 bridgehead atoms. The number of hydrogen-bond donors (Lipinski definition) is 1. The van der Waals surface area contributed by atoms with Gasteiger partial charge in [0, 0.05) is 6.54 Å². The van der Waals surface area contributed by atoms with Crippen LogP contribution >= 0.6 is 11.3 Å². The van der Waals surface area contributed by atoms with Gasteiger partial charge < -0.3 is 9.84 Å². The minimum absolute atomic E-state index is 0.0836. The van der Waals surface area contributed by atoms with Gasteiger partial charge in [-0.15, -0.1) is 0 Å². The lowest BCUT2D eigenvalue weighted by Gasteiger charge is -2.24. The van der Waals surface area contributed by atoms with Gasteiger partial charge >= 0.3 is 12.1 Å². The highest BCUT2D eigenvalue weighted by molar-refractivity contribution is 7.22. The molecule has 0 aromatic carbocycles. The zero-order valence-electron chi connectivity index (χ0n) is 16.3.